The van der Waals surface area contributed by atoms with E-state index in [1.165, 1.54) is 12.7 Å². The molecule has 1 aliphatic rings. The number of piperidine rings is 1. The third-order valence-corrected chi connectivity index (χ3v) is 3.66. The molecule has 1 heterocycles. The summed E-state index contributed by atoms with van der Waals surface area (Å²) in [6, 6.07) is 7.76. The smallest absolute Gasteiger partial charge is 0.310 e. The van der Waals surface area contributed by atoms with Gasteiger partial charge >= 0.3 is 5.97 Å². The van der Waals surface area contributed by atoms with Gasteiger partial charge in [0.1, 0.15) is 0 Å². The van der Waals surface area contributed by atoms with Crippen LogP contribution >= 0.6 is 11.6 Å². The van der Waals surface area contributed by atoms with Gasteiger partial charge in [0.2, 0.25) is 0 Å². The van der Waals surface area contributed by atoms with Crippen LogP contribution in [0, 0.1) is 5.92 Å². The molecular formula is C14H19ClN2O2. The first kappa shape index (κ1) is 14.3. The second-order valence-electron chi connectivity index (χ2n) is 5.04. The number of likely N-dealkylation sites (tertiary alicyclic amines) is 1. The van der Waals surface area contributed by atoms with Crippen molar-refractivity contribution in [1.82, 2.24) is 4.90 Å². The van der Waals surface area contributed by atoms with E-state index >= 15 is 0 Å². The lowest BCUT2D eigenvalue weighted by atomic mass is 9.94. The molecule has 0 radical (unpaired) electrons. The molecule has 2 N–H and O–H groups in total. The first-order valence-corrected chi connectivity index (χ1v) is 6.76. The van der Waals surface area contributed by atoms with Crippen LogP contribution in [0.3, 0.4) is 0 Å². The van der Waals surface area contributed by atoms with E-state index in [-0.39, 0.29) is 17.9 Å². The van der Waals surface area contributed by atoms with Crippen LogP contribution in [0.15, 0.2) is 24.3 Å². The molecule has 5 heteroatoms. The zero-order valence-corrected chi connectivity index (χ0v) is 11.8. The number of nitrogens with two attached hydrogens (primary N) is 1. The summed E-state index contributed by atoms with van der Waals surface area (Å²) in [5.41, 5.74) is 7.18. The van der Waals surface area contributed by atoms with E-state index in [2.05, 4.69) is 4.90 Å². The number of carbonyl (C=O) groups is 1. The Morgan fingerprint density at radius 2 is 2.11 bits per heavy atom. The Hall–Kier alpha value is -1.10. The normalized spacial score (nSPS) is 24.2. The van der Waals surface area contributed by atoms with Gasteiger partial charge in [-0.25, -0.2) is 0 Å². The fourth-order valence-corrected chi connectivity index (χ4v) is 2.67. The van der Waals surface area contributed by atoms with Crippen molar-refractivity contribution in [3.05, 3.63) is 34.9 Å². The molecule has 1 aliphatic heterocycles. The van der Waals surface area contributed by atoms with Crippen molar-refractivity contribution in [3.63, 3.8) is 0 Å². The third kappa shape index (κ3) is 3.93. The minimum atomic E-state index is -0.170. The molecular weight excluding hydrogens is 264 g/mol. The number of ether oxygens (including phenoxy) is 1. The second-order valence-corrected chi connectivity index (χ2v) is 5.47. The number of carbonyl (C=O) groups excluding carboxylic acids is 1. The molecule has 2 atom stereocenters. The van der Waals surface area contributed by atoms with E-state index in [4.69, 9.17) is 22.1 Å². The van der Waals surface area contributed by atoms with Crippen molar-refractivity contribution in [1.29, 1.82) is 0 Å². The minimum absolute atomic E-state index is 0.0187. The number of rotatable bonds is 3. The fraction of sp³-hybridized carbons (Fsp3) is 0.500. The summed E-state index contributed by atoms with van der Waals surface area (Å²) in [6.07, 6.45) is 0.698. The molecule has 1 saturated heterocycles. The number of nitrogens with zero attached hydrogens (tertiary/aromatic N) is 1. The average Bonchev–Trinajstić information content (AvgIpc) is 2.40. The molecule has 0 amide bonds. The van der Waals surface area contributed by atoms with Gasteiger partial charge in [0.25, 0.3) is 0 Å². The van der Waals surface area contributed by atoms with Crippen molar-refractivity contribution in [3.8, 4) is 0 Å². The van der Waals surface area contributed by atoms with Gasteiger partial charge in [0.05, 0.1) is 13.0 Å². The van der Waals surface area contributed by atoms with Gasteiger partial charge in [-0.2, -0.15) is 0 Å². The van der Waals surface area contributed by atoms with Gasteiger partial charge in [0, 0.05) is 30.7 Å². The number of benzene rings is 1. The Balaban J connectivity index is 1.99. The van der Waals surface area contributed by atoms with Crippen molar-refractivity contribution < 1.29 is 9.53 Å². The molecule has 0 saturated carbocycles. The van der Waals surface area contributed by atoms with Crippen molar-refractivity contribution in [2.45, 2.75) is 19.0 Å². The number of halogens is 1. The lowest BCUT2D eigenvalue weighted by Gasteiger charge is -2.35. The number of methoxy groups -OCH3 is 1. The van der Waals surface area contributed by atoms with Gasteiger partial charge in [-0.1, -0.05) is 23.7 Å². The van der Waals surface area contributed by atoms with Crippen molar-refractivity contribution >= 4 is 17.6 Å². The maximum Gasteiger partial charge on any atom is 0.310 e. The van der Waals surface area contributed by atoms with Crippen molar-refractivity contribution in [2.75, 3.05) is 20.2 Å². The lowest BCUT2D eigenvalue weighted by Crippen LogP contribution is -2.48. The van der Waals surface area contributed by atoms with Gasteiger partial charge < -0.3 is 10.5 Å². The van der Waals surface area contributed by atoms with Crippen LogP contribution < -0.4 is 5.73 Å². The monoisotopic (exact) mass is 282 g/mol. The zero-order valence-electron chi connectivity index (χ0n) is 11.0. The Kier molecular flexibility index (Phi) is 4.80. The summed E-state index contributed by atoms with van der Waals surface area (Å²) in [5, 5.41) is 0.728. The van der Waals surface area contributed by atoms with E-state index < -0.39 is 0 Å². The highest BCUT2D eigenvalue weighted by Crippen LogP contribution is 2.20. The van der Waals surface area contributed by atoms with Crippen LogP contribution in [0.2, 0.25) is 5.02 Å². The fourth-order valence-electron chi connectivity index (χ4n) is 2.55. The van der Waals surface area contributed by atoms with E-state index in [1.54, 1.807) is 0 Å². The summed E-state index contributed by atoms with van der Waals surface area (Å²) in [6.45, 7) is 2.28. The Morgan fingerprint density at radius 1 is 1.42 bits per heavy atom. The minimum Gasteiger partial charge on any atom is -0.469 e. The first-order valence-electron chi connectivity index (χ1n) is 6.38. The largest absolute Gasteiger partial charge is 0.469 e. The van der Waals surface area contributed by atoms with Crippen LogP contribution in [-0.2, 0) is 16.1 Å². The summed E-state index contributed by atoms with van der Waals surface area (Å²) in [7, 11) is 1.42. The van der Waals surface area contributed by atoms with Crippen LogP contribution in [-0.4, -0.2) is 37.1 Å². The molecule has 0 bridgehead atoms. The molecule has 104 valence electrons. The topological polar surface area (TPSA) is 55.6 Å². The summed E-state index contributed by atoms with van der Waals surface area (Å²) in [4.78, 5) is 13.8. The molecule has 2 unspecified atom stereocenters. The van der Waals surface area contributed by atoms with Crippen LogP contribution in [0.1, 0.15) is 12.0 Å². The summed E-state index contributed by atoms with van der Waals surface area (Å²) in [5.74, 6) is -0.294. The highest BCUT2D eigenvalue weighted by atomic mass is 35.5. The molecule has 1 aromatic rings. The molecule has 0 spiro atoms. The Morgan fingerprint density at radius 3 is 2.74 bits per heavy atom. The predicted octanol–water partition coefficient (Wildman–Crippen LogP) is 1.66. The van der Waals surface area contributed by atoms with Crippen LogP contribution in [0.4, 0.5) is 0 Å². The van der Waals surface area contributed by atoms with E-state index in [9.17, 15) is 4.79 Å². The van der Waals surface area contributed by atoms with Crippen LogP contribution in [0.25, 0.3) is 0 Å². The molecule has 0 aliphatic carbocycles. The molecule has 0 aromatic heterocycles. The quantitative estimate of drug-likeness (QED) is 0.857. The standard InChI is InChI=1S/C14H19ClN2O2/c1-19-14(18)11-6-13(16)9-17(8-11)7-10-2-4-12(15)5-3-10/h2-5,11,13H,6-9,16H2,1H3. The van der Waals surface area contributed by atoms with E-state index in [0.717, 1.165) is 18.1 Å². The Bertz CT molecular complexity index is 436. The maximum atomic E-state index is 11.6. The average molecular weight is 283 g/mol. The molecule has 1 aromatic carbocycles. The number of hydrogen-bond acceptors (Lipinski definition) is 4. The third-order valence-electron chi connectivity index (χ3n) is 3.41. The molecule has 4 nitrogen and oxygen atoms in total. The Labute approximate surface area is 118 Å². The SMILES string of the molecule is COC(=O)C1CC(N)CN(Cc2ccc(Cl)cc2)C1. The van der Waals surface area contributed by atoms with E-state index in [1.807, 2.05) is 24.3 Å². The predicted molar refractivity (Wildman–Crippen MR) is 74.8 cm³/mol. The van der Waals surface area contributed by atoms with Gasteiger partial charge in [0.15, 0.2) is 0 Å². The number of hydrogen-bond donors (Lipinski definition) is 1. The van der Waals surface area contributed by atoms with Gasteiger partial charge in [-0.05, 0) is 24.1 Å². The molecule has 2 rings (SSSR count). The number of esters is 1. The highest BCUT2D eigenvalue weighted by molar-refractivity contribution is 6.30. The zero-order chi connectivity index (χ0) is 13.8. The molecule has 19 heavy (non-hydrogen) atoms. The van der Waals surface area contributed by atoms with Crippen molar-refractivity contribution in [2.24, 2.45) is 11.7 Å². The van der Waals surface area contributed by atoms with Gasteiger partial charge in [-0.15, -0.1) is 0 Å². The lowest BCUT2D eigenvalue weighted by molar-refractivity contribution is -0.147. The summed E-state index contributed by atoms with van der Waals surface area (Å²) >= 11 is 5.87. The summed E-state index contributed by atoms with van der Waals surface area (Å²) < 4.78 is 4.81. The first-order chi connectivity index (χ1) is 9.08. The highest BCUT2D eigenvalue weighted by Gasteiger charge is 2.30. The van der Waals surface area contributed by atoms with Crippen LogP contribution in [0.5, 0.6) is 0 Å². The van der Waals surface area contributed by atoms with E-state index in [0.29, 0.717) is 13.0 Å². The second kappa shape index (κ2) is 6.37. The molecule has 1 fully saturated rings. The van der Waals surface area contributed by atoms with Gasteiger partial charge in [-0.3, -0.25) is 9.69 Å². The maximum absolute atomic E-state index is 11.6.